The number of nitrogens with one attached hydrogen (secondary N) is 1. The summed E-state index contributed by atoms with van der Waals surface area (Å²) in [6.07, 6.45) is 0.200. The van der Waals surface area contributed by atoms with Gasteiger partial charge in [-0.3, -0.25) is 19.3 Å². The summed E-state index contributed by atoms with van der Waals surface area (Å²) >= 11 is 0. The van der Waals surface area contributed by atoms with Gasteiger partial charge in [-0.05, 0) is 19.1 Å². The van der Waals surface area contributed by atoms with E-state index in [1.54, 1.807) is 36.0 Å². The van der Waals surface area contributed by atoms with Crippen LogP contribution in [0.5, 0.6) is 5.75 Å². The molecule has 2 fully saturated rings. The van der Waals surface area contributed by atoms with E-state index in [9.17, 15) is 14.4 Å². The molecule has 10 heteroatoms. The van der Waals surface area contributed by atoms with Gasteiger partial charge in [0, 0.05) is 70.1 Å². The fourth-order valence-electron chi connectivity index (χ4n) is 4.20. The van der Waals surface area contributed by atoms with Gasteiger partial charge in [-0.25, -0.2) is 0 Å². The average Bonchev–Trinajstić information content (AvgIpc) is 3.44. The van der Waals surface area contributed by atoms with E-state index in [4.69, 9.17) is 9.26 Å². The number of aromatic nitrogens is 1. The second kappa shape index (κ2) is 10.0. The molecule has 2 aliphatic rings. The van der Waals surface area contributed by atoms with Crippen molar-refractivity contribution in [1.82, 2.24) is 20.3 Å². The number of hydrogen-bond acceptors (Lipinski definition) is 7. The molecule has 2 aliphatic heterocycles. The van der Waals surface area contributed by atoms with E-state index >= 15 is 0 Å². The van der Waals surface area contributed by atoms with Crippen LogP contribution in [0.1, 0.15) is 22.7 Å². The number of piperazine rings is 1. The van der Waals surface area contributed by atoms with Crippen LogP contribution < -0.4 is 15.0 Å². The molecule has 1 atom stereocenters. The van der Waals surface area contributed by atoms with Gasteiger partial charge in [-0.1, -0.05) is 11.2 Å². The van der Waals surface area contributed by atoms with Crippen molar-refractivity contribution in [2.75, 3.05) is 57.8 Å². The molecule has 0 bridgehead atoms. The maximum Gasteiger partial charge on any atom is 0.276 e. The minimum Gasteiger partial charge on any atom is -0.497 e. The molecule has 3 heterocycles. The predicted molar refractivity (Wildman–Crippen MR) is 120 cm³/mol. The van der Waals surface area contributed by atoms with E-state index in [1.165, 1.54) is 0 Å². The van der Waals surface area contributed by atoms with Crippen LogP contribution in [0.2, 0.25) is 0 Å². The Morgan fingerprint density at radius 1 is 1.21 bits per heavy atom. The number of carbonyl (C=O) groups excluding carboxylic acids is 3. The van der Waals surface area contributed by atoms with Gasteiger partial charge in [0.05, 0.1) is 13.0 Å². The first-order valence-corrected chi connectivity index (χ1v) is 11.1. The monoisotopic (exact) mass is 455 g/mol. The highest BCUT2D eigenvalue weighted by atomic mass is 16.5. The number of nitrogens with zero attached hydrogens (tertiary/aromatic N) is 4. The third-order valence-electron chi connectivity index (χ3n) is 6.09. The van der Waals surface area contributed by atoms with Crippen LogP contribution in [0.25, 0.3) is 0 Å². The van der Waals surface area contributed by atoms with Crippen molar-refractivity contribution in [2.24, 2.45) is 5.92 Å². The van der Waals surface area contributed by atoms with Gasteiger partial charge in [0.2, 0.25) is 11.8 Å². The second-order valence-electron chi connectivity index (χ2n) is 8.35. The molecule has 1 aromatic carbocycles. The van der Waals surface area contributed by atoms with Crippen LogP contribution in [0.4, 0.5) is 5.69 Å². The first-order valence-electron chi connectivity index (χ1n) is 11.1. The van der Waals surface area contributed by atoms with Crippen LogP contribution in [0.15, 0.2) is 34.9 Å². The van der Waals surface area contributed by atoms with Crippen molar-refractivity contribution in [1.29, 1.82) is 0 Å². The fraction of sp³-hybridized carbons (Fsp3) is 0.478. The number of amides is 3. The Labute approximate surface area is 192 Å². The minimum absolute atomic E-state index is 0.0634. The number of aryl methyl sites for hydroxylation is 1. The molecule has 0 saturated carbocycles. The Morgan fingerprint density at radius 2 is 2.00 bits per heavy atom. The topological polar surface area (TPSA) is 108 Å². The highest BCUT2D eigenvalue weighted by Gasteiger charge is 2.35. The van der Waals surface area contributed by atoms with Crippen LogP contribution in [0.3, 0.4) is 0 Å². The molecule has 176 valence electrons. The smallest absolute Gasteiger partial charge is 0.276 e. The zero-order chi connectivity index (χ0) is 23.4. The maximum atomic E-state index is 12.6. The van der Waals surface area contributed by atoms with E-state index < -0.39 is 0 Å². The molecule has 2 saturated heterocycles. The van der Waals surface area contributed by atoms with Crippen molar-refractivity contribution < 1.29 is 23.6 Å². The quantitative estimate of drug-likeness (QED) is 0.661. The zero-order valence-corrected chi connectivity index (χ0v) is 19.0. The summed E-state index contributed by atoms with van der Waals surface area (Å²) < 4.78 is 10.2. The molecular formula is C23H29N5O5. The van der Waals surface area contributed by atoms with Crippen molar-refractivity contribution in [2.45, 2.75) is 13.3 Å². The number of ether oxygens (including phenoxy) is 1. The van der Waals surface area contributed by atoms with Gasteiger partial charge in [-0.15, -0.1) is 0 Å². The van der Waals surface area contributed by atoms with Gasteiger partial charge in [0.15, 0.2) is 5.69 Å². The summed E-state index contributed by atoms with van der Waals surface area (Å²) in [5.74, 6) is 0.625. The first kappa shape index (κ1) is 22.8. The third-order valence-corrected chi connectivity index (χ3v) is 6.09. The standard InChI is InChI=1S/C23H29N5O5/c1-16-12-20(25-33-16)23(31)27-10-8-26(9-11-27)7-6-24-22(30)17-13-21(29)28(15-17)18-4-3-5-19(14-18)32-2/h3-5,12,14,17H,6-11,13,15H2,1-2H3,(H,24,30). The van der Waals surface area contributed by atoms with Gasteiger partial charge < -0.3 is 24.4 Å². The number of anilines is 1. The SMILES string of the molecule is COc1cccc(N2CC(C(=O)NCCN3CCN(C(=O)c4cc(C)on4)CC3)CC2=O)c1. The van der Waals surface area contributed by atoms with Crippen molar-refractivity contribution in [3.8, 4) is 5.75 Å². The molecule has 10 nitrogen and oxygen atoms in total. The largest absolute Gasteiger partial charge is 0.497 e. The van der Waals surface area contributed by atoms with Crippen molar-refractivity contribution in [3.05, 3.63) is 41.8 Å². The fourth-order valence-corrected chi connectivity index (χ4v) is 4.20. The molecule has 2 aromatic rings. The Morgan fingerprint density at radius 3 is 2.70 bits per heavy atom. The number of benzene rings is 1. The Balaban J connectivity index is 1.19. The summed E-state index contributed by atoms with van der Waals surface area (Å²) in [6.45, 7) is 5.97. The number of carbonyl (C=O) groups is 3. The van der Waals surface area contributed by atoms with E-state index in [0.29, 0.717) is 49.9 Å². The zero-order valence-electron chi connectivity index (χ0n) is 19.0. The lowest BCUT2D eigenvalue weighted by molar-refractivity contribution is -0.126. The molecule has 33 heavy (non-hydrogen) atoms. The summed E-state index contributed by atoms with van der Waals surface area (Å²) in [6, 6.07) is 8.93. The van der Waals surface area contributed by atoms with Crippen molar-refractivity contribution in [3.63, 3.8) is 0 Å². The molecule has 0 spiro atoms. The van der Waals surface area contributed by atoms with Gasteiger partial charge in [0.25, 0.3) is 5.91 Å². The minimum atomic E-state index is -0.371. The van der Waals surface area contributed by atoms with E-state index in [-0.39, 0.29) is 30.1 Å². The average molecular weight is 456 g/mol. The van der Waals surface area contributed by atoms with Crippen LogP contribution in [0, 0.1) is 12.8 Å². The Bertz CT molecular complexity index is 1010. The summed E-state index contributed by atoms with van der Waals surface area (Å²) in [4.78, 5) is 43.2. The van der Waals surface area contributed by atoms with Crippen LogP contribution in [-0.2, 0) is 9.59 Å². The molecule has 1 aromatic heterocycles. The third kappa shape index (κ3) is 5.33. The lowest BCUT2D eigenvalue weighted by Crippen LogP contribution is -2.50. The molecular weight excluding hydrogens is 426 g/mol. The maximum absolute atomic E-state index is 12.6. The van der Waals surface area contributed by atoms with Crippen LogP contribution in [-0.4, -0.2) is 85.6 Å². The van der Waals surface area contributed by atoms with Crippen LogP contribution >= 0.6 is 0 Å². The molecule has 0 radical (unpaired) electrons. The van der Waals surface area contributed by atoms with E-state index in [0.717, 1.165) is 18.8 Å². The van der Waals surface area contributed by atoms with E-state index in [2.05, 4.69) is 15.4 Å². The number of hydrogen-bond donors (Lipinski definition) is 1. The summed E-state index contributed by atoms with van der Waals surface area (Å²) in [5.41, 5.74) is 1.07. The van der Waals surface area contributed by atoms with Gasteiger partial charge >= 0.3 is 0 Å². The Kier molecular flexibility index (Phi) is 6.93. The Hall–Kier alpha value is -3.40. The molecule has 1 unspecified atom stereocenters. The molecule has 3 amide bonds. The highest BCUT2D eigenvalue weighted by Crippen LogP contribution is 2.27. The molecule has 4 rings (SSSR count). The normalized spacial score (nSPS) is 19.1. The lowest BCUT2D eigenvalue weighted by atomic mass is 10.1. The van der Waals surface area contributed by atoms with Crippen molar-refractivity contribution >= 4 is 23.4 Å². The van der Waals surface area contributed by atoms with E-state index in [1.807, 2.05) is 18.2 Å². The molecule has 1 N–H and O–H groups in total. The summed E-state index contributed by atoms with van der Waals surface area (Å²) in [7, 11) is 1.58. The number of rotatable bonds is 7. The van der Waals surface area contributed by atoms with Gasteiger partial charge in [0.1, 0.15) is 11.5 Å². The first-order chi connectivity index (χ1) is 15.9. The predicted octanol–water partition coefficient (Wildman–Crippen LogP) is 0.919. The summed E-state index contributed by atoms with van der Waals surface area (Å²) in [5, 5.41) is 6.76. The lowest BCUT2D eigenvalue weighted by Gasteiger charge is -2.34. The van der Waals surface area contributed by atoms with Gasteiger partial charge in [-0.2, -0.15) is 0 Å². The second-order valence-corrected chi connectivity index (χ2v) is 8.35. The molecule has 0 aliphatic carbocycles. The number of methoxy groups -OCH3 is 1. The highest BCUT2D eigenvalue weighted by molar-refractivity contribution is 6.00.